The Morgan fingerprint density at radius 2 is 2.38 bits per heavy atom. The molecular formula is C9H15N5OS. The van der Waals surface area contributed by atoms with E-state index in [9.17, 15) is 0 Å². The van der Waals surface area contributed by atoms with Crippen molar-refractivity contribution in [2.45, 2.75) is 32.2 Å². The summed E-state index contributed by atoms with van der Waals surface area (Å²) in [4.78, 5) is 2.20. The van der Waals surface area contributed by atoms with Gasteiger partial charge in [0, 0.05) is 19.0 Å². The van der Waals surface area contributed by atoms with E-state index >= 15 is 0 Å². The minimum Gasteiger partial charge on any atom is -0.409 e. The molecule has 1 heterocycles. The van der Waals surface area contributed by atoms with Gasteiger partial charge in [0.2, 0.25) is 5.13 Å². The molecule has 1 fully saturated rings. The van der Waals surface area contributed by atoms with Crippen molar-refractivity contribution in [3.05, 3.63) is 5.01 Å². The highest BCUT2D eigenvalue weighted by molar-refractivity contribution is 7.15. The van der Waals surface area contributed by atoms with Crippen LogP contribution in [-0.2, 0) is 0 Å². The van der Waals surface area contributed by atoms with Crippen molar-refractivity contribution < 1.29 is 5.21 Å². The van der Waals surface area contributed by atoms with E-state index in [0.717, 1.165) is 16.7 Å². The molecule has 7 heteroatoms. The molecule has 3 N–H and O–H groups in total. The third-order valence-corrected chi connectivity index (χ3v) is 3.36. The third-order valence-electron chi connectivity index (χ3n) is 2.49. The Hall–Kier alpha value is -1.37. The van der Waals surface area contributed by atoms with Crippen molar-refractivity contribution in [3.63, 3.8) is 0 Å². The SMILES string of the molecule is Cc1nnc(N(CCC(N)=NO)C2CC2)s1. The number of hydrogen-bond donors (Lipinski definition) is 2. The molecule has 88 valence electrons. The predicted molar refractivity (Wildman–Crippen MR) is 63.0 cm³/mol. The molecule has 0 saturated heterocycles. The minimum atomic E-state index is 0.256. The predicted octanol–water partition coefficient (Wildman–Crippen LogP) is 0.952. The number of anilines is 1. The number of nitrogens with zero attached hydrogens (tertiary/aromatic N) is 4. The fourth-order valence-corrected chi connectivity index (χ4v) is 2.29. The van der Waals surface area contributed by atoms with Gasteiger partial charge in [-0.25, -0.2) is 0 Å². The van der Waals surface area contributed by atoms with Gasteiger partial charge in [-0.3, -0.25) is 0 Å². The fourth-order valence-electron chi connectivity index (χ4n) is 1.51. The summed E-state index contributed by atoms with van der Waals surface area (Å²) in [5.74, 6) is 0.256. The fraction of sp³-hybridized carbons (Fsp3) is 0.667. The van der Waals surface area contributed by atoms with Gasteiger partial charge >= 0.3 is 0 Å². The number of hydrogen-bond acceptors (Lipinski definition) is 6. The van der Waals surface area contributed by atoms with Crippen LogP contribution in [0.1, 0.15) is 24.3 Å². The summed E-state index contributed by atoms with van der Waals surface area (Å²) in [6.45, 7) is 2.67. The molecule has 0 atom stereocenters. The largest absolute Gasteiger partial charge is 0.409 e. The highest BCUT2D eigenvalue weighted by atomic mass is 32.1. The first-order chi connectivity index (χ1) is 7.70. The van der Waals surface area contributed by atoms with Crippen LogP contribution in [0, 0.1) is 6.92 Å². The highest BCUT2D eigenvalue weighted by Crippen LogP contribution is 2.33. The second-order valence-corrected chi connectivity index (χ2v) is 5.03. The molecule has 0 spiro atoms. The van der Waals surface area contributed by atoms with Crippen LogP contribution in [0.2, 0.25) is 0 Å². The Bertz CT molecular complexity index is 387. The second kappa shape index (κ2) is 4.65. The lowest BCUT2D eigenvalue weighted by Gasteiger charge is -2.20. The molecule has 1 aliphatic rings. The maximum Gasteiger partial charge on any atom is 0.208 e. The lowest BCUT2D eigenvalue weighted by Crippen LogP contribution is -2.30. The van der Waals surface area contributed by atoms with Crippen molar-refractivity contribution in [2.24, 2.45) is 10.9 Å². The van der Waals surface area contributed by atoms with Gasteiger partial charge < -0.3 is 15.8 Å². The van der Waals surface area contributed by atoms with Gasteiger partial charge in [-0.1, -0.05) is 16.5 Å². The van der Waals surface area contributed by atoms with Gasteiger partial charge in [-0.05, 0) is 19.8 Å². The first kappa shape index (κ1) is 11.1. The lowest BCUT2D eigenvalue weighted by atomic mass is 10.3. The molecule has 1 saturated carbocycles. The Kier molecular flexibility index (Phi) is 3.23. The third kappa shape index (κ3) is 2.60. The molecule has 1 aromatic rings. The zero-order valence-corrected chi connectivity index (χ0v) is 9.94. The van der Waals surface area contributed by atoms with Gasteiger partial charge in [-0.2, -0.15) is 0 Å². The summed E-state index contributed by atoms with van der Waals surface area (Å²) in [6, 6.07) is 0.554. The molecule has 16 heavy (non-hydrogen) atoms. The summed E-state index contributed by atoms with van der Waals surface area (Å²) >= 11 is 1.58. The molecule has 1 aromatic heterocycles. The van der Waals surface area contributed by atoms with Crippen molar-refractivity contribution in [1.29, 1.82) is 0 Å². The number of oxime groups is 1. The number of amidine groups is 1. The van der Waals surface area contributed by atoms with Crippen LogP contribution in [0.5, 0.6) is 0 Å². The zero-order valence-electron chi connectivity index (χ0n) is 9.13. The van der Waals surface area contributed by atoms with Crippen LogP contribution >= 0.6 is 11.3 Å². The molecule has 1 aliphatic carbocycles. The van der Waals surface area contributed by atoms with Crippen LogP contribution in [-0.4, -0.2) is 33.8 Å². The van der Waals surface area contributed by atoms with E-state index < -0.39 is 0 Å². The summed E-state index contributed by atoms with van der Waals surface area (Å²) in [5, 5.41) is 21.5. The smallest absolute Gasteiger partial charge is 0.208 e. The average molecular weight is 241 g/mol. The van der Waals surface area contributed by atoms with E-state index in [2.05, 4.69) is 20.3 Å². The average Bonchev–Trinajstić information content (AvgIpc) is 3.02. The first-order valence-electron chi connectivity index (χ1n) is 5.24. The van der Waals surface area contributed by atoms with E-state index in [4.69, 9.17) is 10.9 Å². The van der Waals surface area contributed by atoms with Crippen molar-refractivity contribution >= 4 is 22.3 Å². The molecule has 0 amide bonds. The molecule has 0 bridgehead atoms. The number of rotatable bonds is 5. The molecule has 2 rings (SSSR count). The lowest BCUT2D eigenvalue weighted by molar-refractivity contribution is 0.317. The number of aryl methyl sites for hydroxylation is 1. The Morgan fingerprint density at radius 3 is 2.88 bits per heavy atom. The van der Waals surface area contributed by atoms with Gasteiger partial charge in [0.05, 0.1) is 0 Å². The summed E-state index contributed by atoms with van der Waals surface area (Å²) in [6.07, 6.45) is 2.93. The number of aromatic nitrogens is 2. The van der Waals surface area contributed by atoms with E-state index in [1.165, 1.54) is 12.8 Å². The quantitative estimate of drug-likeness (QED) is 0.347. The van der Waals surface area contributed by atoms with E-state index in [1.54, 1.807) is 11.3 Å². The Morgan fingerprint density at radius 1 is 1.62 bits per heavy atom. The Labute approximate surface area is 97.8 Å². The van der Waals surface area contributed by atoms with Crippen LogP contribution in [0.15, 0.2) is 5.16 Å². The molecule has 0 unspecified atom stereocenters. The van der Waals surface area contributed by atoms with Crippen molar-refractivity contribution in [1.82, 2.24) is 10.2 Å². The van der Waals surface area contributed by atoms with Crippen LogP contribution in [0.25, 0.3) is 0 Å². The number of nitrogens with two attached hydrogens (primary N) is 1. The maximum atomic E-state index is 8.50. The van der Waals surface area contributed by atoms with Gasteiger partial charge in [0.1, 0.15) is 10.8 Å². The second-order valence-electron chi connectivity index (χ2n) is 3.87. The molecule has 0 aliphatic heterocycles. The van der Waals surface area contributed by atoms with E-state index in [1.807, 2.05) is 6.92 Å². The summed E-state index contributed by atoms with van der Waals surface area (Å²) in [5.41, 5.74) is 5.47. The zero-order chi connectivity index (χ0) is 11.5. The molecular weight excluding hydrogens is 226 g/mol. The van der Waals surface area contributed by atoms with Gasteiger partial charge in [0.15, 0.2) is 0 Å². The normalized spacial score (nSPS) is 16.4. The minimum absolute atomic E-state index is 0.256. The molecule has 6 nitrogen and oxygen atoms in total. The van der Waals surface area contributed by atoms with Crippen molar-refractivity contribution in [3.8, 4) is 0 Å². The van der Waals surface area contributed by atoms with E-state index in [-0.39, 0.29) is 5.84 Å². The van der Waals surface area contributed by atoms with Crippen LogP contribution in [0.4, 0.5) is 5.13 Å². The van der Waals surface area contributed by atoms with Crippen molar-refractivity contribution in [2.75, 3.05) is 11.4 Å². The monoisotopic (exact) mass is 241 g/mol. The summed E-state index contributed by atoms with van der Waals surface area (Å²) in [7, 11) is 0. The van der Waals surface area contributed by atoms with Gasteiger partial charge in [-0.15, -0.1) is 10.2 Å². The van der Waals surface area contributed by atoms with Gasteiger partial charge in [0.25, 0.3) is 0 Å². The van der Waals surface area contributed by atoms with Crippen LogP contribution in [0.3, 0.4) is 0 Å². The van der Waals surface area contributed by atoms with Crippen LogP contribution < -0.4 is 10.6 Å². The van der Waals surface area contributed by atoms with E-state index in [0.29, 0.717) is 12.5 Å². The highest BCUT2D eigenvalue weighted by Gasteiger charge is 2.31. The first-order valence-corrected chi connectivity index (χ1v) is 6.05. The maximum absolute atomic E-state index is 8.50. The Balaban J connectivity index is 2.00. The topological polar surface area (TPSA) is 87.6 Å². The molecule has 0 aromatic carbocycles. The molecule has 0 radical (unpaired) electrons. The summed E-state index contributed by atoms with van der Waals surface area (Å²) < 4.78 is 0. The standard InChI is InChI=1S/C9H15N5OS/c1-6-11-12-9(16-6)14(7-2-3-7)5-4-8(10)13-15/h7,15H,2-5H2,1H3,(H2,10,13).